The van der Waals surface area contributed by atoms with Crippen LogP contribution in [0, 0.1) is 0 Å². The number of ether oxygens (including phenoxy) is 2. The van der Waals surface area contributed by atoms with E-state index in [1.165, 1.54) is 0 Å². The van der Waals surface area contributed by atoms with E-state index in [1.807, 2.05) is 12.1 Å². The summed E-state index contributed by atoms with van der Waals surface area (Å²) in [5.41, 5.74) is 1.94. The normalized spacial score (nSPS) is 10.1. The minimum atomic E-state index is -0.584. The van der Waals surface area contributed by atoms with Crippen LogP contribution >= 0.6 is 0 Å². The fraction of sp³-hybridized carbons (Fsp3) is 0.222. The van der Waals surface area contributed by atoms with E-state index in [1.54, 1.807) is 43.5 Å². The van der Waals surface area contributed by atoms with Gasteiger partial charge in [-0.1, -0.05) is 24.3 Å². The lowest BCUT2D eigenvalue weighted by Gasteiger charge is -2.07. The first-order valence-electron chi connectivity index (χ1n) is 7.39. The SMILES string of the molecule is COc1ccc(CNC(=O)COC(=O)c2ccc(CO)cc2)cc1. The maximum absolute atomic E-state index is 11.8. The summed E-state index contributed by atoms with van der Waals surface area (Å²) in [5, 5.41) is 11.6. The standard InChI is InChI=1S/C18H19NO5/c1-23-16-8-4-13(5-9-16)10-19-17(21)12-24-18(22)15-6-2-14(11-20)3-7-15/h2-9,20H,10-12H2,1H3,(H,19,21). The second kappa shape index (κ2) is 8.69. The topological polar surface area (TPSA) is 84.9 Å². The quantitative estimate of drug-likeness (QED) is 0.755. The number of carbonyl (C=O) groups excluding carboxylic acids is 2. The van der Waals surface area contributed by atoms with E-state index in [2.05, 4.69) is 5.32 Å². The molecule has 2 rings (SSSR count). The third kappa shape index (κ3) is 5.10. The third-order valence-corrected chi connectivity index (χ3v) is 3.36. The molecule has 0 unspecified atom stereocenters. The molecule has 0 radical (unpaired) electrons. The van der Waals surface area contributed by atoms with Crippen LogP contribution in [0.1, 0.15) is 21.5 Å². The number of carbonyl (C=O) groups is 2. The first-order valence-corrected chi connectivity index (χ1v) is 7.39. The minimum absolute atomic E-state index is 0.0942. The van der Waals surface area contributed by atoms with E-state index >= 15 is 0 Å². The van der Waals surface area contributed by atoms with Crippen LogP contribution in [-0.4, -0.2) is 30.7 Å². The van der Waals surface area contributed by atoms with Gasteiger partial charge in [-0.25, -0.2) is 4.79 Å². The molecule has 0 saturated carbocycles. The Balaban J connectivity index is 1.76. The third-order valence-electron chi connectivity index (χ3n) is 3.36. The smallest absolute Gasteiger partial charge is 0.338 e. The monoisotopic (exact) mass is 329 g/mol. The van der Waals surface area contributed by atoms with Gasteiger partial charge in [-0.05, 0) is 35.4 Å². The average molecular weight is 329 g/mol. The molecular formula is C18H19NO5. The van der Waals surface area contributed by atoms with Gasteiger partial charge in [0, 0.05) is 6.54 Å². The van der Waals surface area contributed by atoms with Crippen molar-refractivity contribution in [3.63, 3.8) is 0 Å². The molecule has 0 saturated heterocycles. The van der Waals surface area contributed by atoms with Crippen LogP contribution < -0.4 is 10.1 Å². The molecule has 0 aliphatic rings. The van der Waals surface area contributed by atoms with Crippen molar-refractivity contribution in [2.24, 2.45) is 0 Å². The molecule has 0 atom stereocenters. The molecule has 24 heavy (non-hydrogen) atoms. The van der Waals surface area contributed by atoms with E-state index < -0.39 is 5.97 Å². The van der Waals surface area contributed by atoms with Gasteiger partial charge in [0.1, 0.15) is 5.75 Å². The van der Waals surface area contributed by atoms with Crippen LogP contribution in [0.2, 0.25) is 0 Å². The molecule has 1 amide bonds. The predicted octanol–water partition coefficient (Wildman–Crippen LogP) is 1.66. The Hall–Kier alpha value is -2.86. The Morgan fingerprint density at radius 3 is 2.21 bits per heavy atom. The van der Waals surface area contributed by atoms with Gasteiger partial charge in [0.2, 0.25) is 0 Å². The second-order valence-corrected chi connectivity index (χ2v) is 5.06. The highest BCUT2D eigenvalue weighted by molar-refractivity contribution is 5.91. The van der Waals surface area contributed by atoms with E-state index in [4.69, 9.17) is 14.6 Å². The summed E-state index contributed by atoms with van der Waals surface area (Å²) in [6.07, 6.45) is 0. The number of esters is 1. The zero-order valence-electron chi connectivity index (χ0n) is 13.3. The molecular weight excluding hydrogens is 310 g/mol. The molecule has 0 aromatic heterocycles. The molecule has 6 heteroatoms. The fourth-order valence-electron chi connectivity index (χ4n) is 1.96. The van der Waals surface area contributed by atoms with Crippen molar-refractivity contribution in [1.82, 2.24) is 5.32 Å². The molecule has 0 heterocycles. The van der Waals surface area contributed by atoms with Gasteiger partial charge >= 0.3 is 5.97 Å². The molecule has 0 aliphatic heterocycles. The van der Waals surface area contributed by atoms with Gasteiger partial charge in [-0.15, -0.1) is 0 Å². The van der Waals surface area contributed by atoms with Gasteiger partial charge in [0.25, 0.3) is 5.91 Å². The Labute approximate surface area is 140 Å². The zero-order chi connectivity index (χ0) is 17.4. The molecule has 6 nitrogen and oxygen atoms in total. The highest BCUT2D eigenvalue weighted by Gasteiger charge is 2.10. The van der Waals surface area contributed by atoms with Crippen molar-refractivity contribution in [2.75, 3.05) is 13.7 Å². The minimum Gasteiger partial charge on any atom is -0.497 e. The first kappa shape index (κ1) is 17.5. The van der Waals surface area contributed by atoms with Gasteiger partial charge in [-0.3, -0.25) is 4.79 Å². The van der Waals surface area contributed by atoms with Crippen molar-refractivity contribution in [2.45, 2.75) is 13.2 Å². The lowest BCUT2D eigenvalue weighted by molar-refractivity contribution is -0.124. The molecule has 126 valence electrons. The van der Waals surface area contributed by atoms with Crippen molar-refractivity contribution < 1.29 is 24.2 Å². The summed E-state index contributed by atoms with van der Waals surface area (Å²) >= 11 is 0. The Morgan fingerprint density at radius 2 is 1.62 bits per heavy atom. The lowest BCUT2D eigenvalue weighted by atomic mass is 10.1. The molecule has 0 fully saturated rings. The van der Waals surface area contributed by atoms with E-state index in [-0.39, 0.29) is 19.1 Å². The number of nitrogens with one attached hydrogen (secondary N) is 1. The highest BCUT2D eigenvalue weighted by atomic mass is 16.5. The zero-order valence-corrected chi connectivity index (χ0v) is 13.3. The van der Waals surface area contributed by atoms with Crippen LogP contribution in [0.5, 0.6) is 5.75 Å². The second-order valence-electron chi connectivity index (χ2n) is 5.06. The van der Waals surface area contributed by atoms with Gasteiger partial charge in [-0.2, -0.15) is 0 Å². The number of rotatable bonds is 7. The summed E-state index contributed by atoms with van der Waals surface area (Å²) < 4.78 is 10.0. The van der Waals surface area contributed by atoms with Gasteiger partial charge in [0.15, 0.2) is 6.61 Å². The van der Waals surface area contributed by atoms with Crippen molar-refractivity contribution >= 4 is 11.9 Å². The summed E-state index contributed by atoms with van der Waals surface area (Å²) in [4.78, 5) is 23.5. The highest BCUT2D eigenvalue weighted by Crippen LogP contribution is 2.11. The van der Waals surface area contributed by atoms with Gasteiger partial charge in [0.05, 0.1) is 19.3 Å². The van der Waals surface area contributed by atoms with E-state index in [9.17, 15) is 9.59 Å². The number of benzene rings is 2. The number of aliphatic hydroxyl groups is 1. The van der Waals surface area contributed by atoms with Crippen molar-refractivity contribution in [3.05, 3.63) is 65.2 Å². The predicted molar refractivity (Wildman–Crippen MR) is 87.5 cm³/mol. The Morgan fingerprint density at radius 1 is 1.00 bits per heavy atom. The Kier molecular flexibility index (Phi) is 6.33. The lowest BCUT2D eigenvalue weighted by Crippen LogP contribution is -2.28. The summed E-state index contributed by atoms with van der Waals surface area (Å²) in [6.45, 7) is -0.106. The molecule has 2 aromatic carbocycles. The molecule has 2 aromatic rings. The van der Waals surface area contributed by atoms with Crippen LogP contribution in [0.15, 0.2) is 48.5 Å². The van der Waals surface area contributed by atoms with Gasteiger partial charge < -0.3 is 19.9 Å². The summed E-state index contributed by atoms with van der Waals surface area (Å²) in [5.74, 6) is -0.226. The maximum Gasteiger partial charge on any atom is 0.338 e. The van der Waals surface area contributed by atoms with Crippen LogP contribution in [-0.2, 0) is 22.7 Å². The average Bonchev–Trinajstić information content (AvgIpc) is 2.64. The molecule has 0 spiro atoms. The summed E-state index contributed by atoms with van der Waals surface area (Å²) in [7, 11) is 1.59. The van der Waals surface area contributed by atoms with Crippen LogP contribution in [0.25, 0.3) is 0 Å². The molecule has 2 N–H and O–H groups in total. The van der Waals surface area contributed by atoms with Crippen LogP contribution in [0.4, 0.5) is 0 Å². The fourth-order valence-corrected chi connectivity index (χ4v) is 1.96. The Bertz CT molecular complexity index is 680. The number of hydrogen-bond acceptors (Lipinski definition) is 5. The summed E-state index contributed by atoms with van der Waals surface area (Å²) in [6, 6.07) is 13.6. The van der Waals surface area contributed by atoms with E-state index in [0.29, 0.717) is 17.7 Å². The molecule has 0 aliphatic carbocycles. The molecule has 0 bridgehead atoms. The largest absolute Gasteiger partial charge is 0.497 e. The number of hydrogen-bond donors (Lipinski definition) is 2. The number of amides is 1. The number of aliphatic hydroxyl groups excluding tert-OH is 1. The maximum atomic E-state index is 11.8. The number of methoxy groups -OCH3 is 1. The van der Waals surface area contributed by atoms with Crippen molar-refractivity contribution in [1.29, 1.82) is 0 Å². The van der Waals surface area contributed by atoms with Crippen LogP contribution in [0.3, 0.4) is 0 Å². The first-order chi connectivity index (χ1) is 11.6. The van der Waals surface area contributed by atoms with Crippen molar-refractivity contribution in [3.8, 4) is 5.75 Å². The van der Waals surface area contributed by atoms with E-state index in [0.717, 1.165) is 11.3 Å².